The van der Waals surface area contributed by atoms with Crippen LogP contribution in [0.3, 0.4) is 0 Å². The highest BCUT2D eigenvalue weighted by molar-refractivity contribution is 9.09. The topological polar surface area (TPSA) is 95.0 Å². The number of nitrogens with zero attached hydrogens (tertiary/aromatic N) is 2. The molecular weight excluding hydrogens is 615 g/mol. The summed E-state index contributed by atoms with van der Waals surface area (Å²) in [6, 6.07) is 8.89. The molecular formula is C27H23BrCl2N2O5S. The van der Waals surface area contributed by atoms with Crippen molar-refractivity contribution in [3.8, 4) is 5.75 Å². The smallest absolute Gasteiger partial charge is 0.254 e. The number of hydrogen-bond donors (Lipinski definition) is 1. The van der Waals surface area contributed by atoms with E-state index < -0.39 is 45.2 Å². The van der Waals surface area contributed by atoms with Crippen LogP contribution in [0.1, 0.15) is 34.8 Å². The van der Waals surface area contributed by atoms with Gasteiger partial charge in [0.1, 0.15) is 5.75 Å². The second-order valence-electron chi connectivity index (χ2n) is 10.3. The van der Waals surface area contributed by atoms with E-state index in [1.807, 2.05) is 23.6 Å². The summed E-state index contributed by atoms with van der Waals surface area (Å²) >= 11 is 19.0. The van der Waals surface area contributed by atoms with Crippen LogP contribution in [0.4, 0.5) is 0 Å². The molecule has 2 aromatic rings. The summed E-state index contributed by atoms with van der Waals surface area (Å²) in [5, 5.41) is 13.0. The van der Waals surface area contributed by atoms with Crippen molar-refractivity contribution in [2.24, 2.45) is 17.8 Å². The van der Waals surface area contributed by atoms with Crippen LogP contribution >= 0.6 is 50.5 Å². The average Bonchev–Trinajstić information content (AvgIpc) is 3.53. The number of fused-ring (bicyclic) bond motifs is 4. The zero-order valence-corrected chi connectivity index (χ0v) is 24.1. The van der Waals surface area contributed by atoms with Crippen molar-refractivity contribution in [2.45, 2.75) is 42.0 Å². The Kier molecular flexibility index (Phi) is 6.11. The molecule has 3 heterocycles. The van der Waals surface area contributed by atoms with Crippen molar-refractivity contribution < 1.29 is 24.3 Å². The predicted molar refractivity (Wildman–Crippen MR) is 146 cm³/mol. The van der Waals surface area contributed by atoms with E-state index in [0.717, 1.165) is 9.78 Å². The fourth-order valence-corrected chi connectivity index (χ4v) is 8.90. The van der Waals surface area contributed by atoms with Crippen molar-refractivity contribution in [3.05, 3.63) is 63.4 Å². The lowest BCUT2D eigenvalue weighted by atomic mass is 9.56. The number of likely N-dealkylation sites (tertiary alicyclic amines) is 2. The molecule has 4 amide bonds. The minimum atomic E-state index is -1.93. The molecule has 1 saturated carbocycles. The SMILES string of the molecule is Cc1cccc(C2C3=CCC4C(=O)N(Cc5cccs5)C(=O)C4C3CC3(Cl)C(=O)N(CBr)C(=O)C23Cl)c1O. The van der Waals surface area contributed by atoms with Gasteiger partial charge in [0.15, 0.2) is 9.75 Å². The van der Waals surface area contributed by atoms with Gasteiger partial charge in [-0.25, -0.2) is 0 Å². The number of aromatic hydroxyl groups is 1. The summed E-state index contributed by atoms with van der Waals surface area (Å²) in [4.78, 5) is 54.0. The molecule has 6 rings (SSSR count). The molecule has 6 atom stereocenters. The summed E-state index contributed by atoms with van der Waals surface area (Å²) in [5.41, 5.74) is 1.50. The van der Waals surface area contributed by atoms with E-state index in [-0.39, 0.29) is 42.4 Å². The second-order valence-corrected chi connectivity index (χ2v) is 13.1. The lowest BCUT2D eigenvalue weighted by molar-refractivity contribution is -0.141. The molecule has 2 aliphatic carbocycles. The number of phenols is 1. The highest BCUT2D eigenvalue weighted by Crippen LogP contribution is 2.66. The lowest BCUT2D eigenvalue weighted by Crippen LogP contribution is -2.60. The van der Waals surface area contributed by atoms with Crippen molar-refractivity contribution in [1.29, 1.82) is 0 Å². The number of phenolic OH excluding ortho intramolecular Hbond substituents is 1. The first kappa shape index (κ1) is 26.0. The van der Waals surface area contributed by atoms with E-state index in [9.17, 15) is 24.3 Å². The molecule has 2 saturated heterocycles. The Labute approximate surface area is 241 Å². The molecule has 6 unspecified atom stereocenters. The van der Waals surface area contributed by atoms with Gasteiger partial charge in [-0.2, -0.15) is 0 Å². The second kappa shape index (κ2) is 8.91. The van der Waals surface area contributed by atoms with Crippen molar-refractivity contribution in [3.63, 3.8) is 0 Å². The fraction of sp³-hybridized carbons (Fsp3) is 0.407. The van der Waals surface area contributed by atoms with Gasteiger partial charge in [0.25, 0.3) is 11.8 Å². The number of thiophene rings is 1. The van der Waals surface area contributed by atoms with E-state index in [2.05, 4.69) is 15.9 Å². The Bertz CT molecular complexity index is 1430. The van der Waals surface area contributed by atoms with Gasteiger partial charge in [0.2, 0.25) is 11.8 Å². The minimum Gasteiger partial charge on any atom is -0.507 e. The monoisotopic (exact) mass is 636 g/mol. The van der Waals surface area contributed by atoms with Crippen molar-refractivity contribution in [1.82, 2.24) is 9.80 Å². The van der Waals surface area contributed by atoms with Gasteiger partial charge in [0.05, 0.1) is 23.8 Å². The van der Waals surface area contributed by atoms with E-state index in [1.54, 1.807) is 25.1 Å². The highest BCUT2D eigenvalue weighted by atomic mass is 79.9. The van der Waals surface area contributed by atoms with Crippen LogP contribution in [0.25, 0.3) is 0 Å². The van der Waals surface area contributed by atoms with Crippen molar-refractivity contribution in [2.75, 3.05) is 5.45 Å². The first-order valence-electron chi connectivity index (χ1n) is 12.2. The zero-order valence-electron chi connectivity index (χ0n) is 20.2. The van der Waals surface area contributed by atoms with Crippen LogP contribution in [0.15, 0.2) is 47.4 Å². The molecule has 38 heavy (non-hydrogen) atoms. The number of alkyl halides is 3. The Balaban J connectivity index is 1.51. The quantitative estimate of drug-likeness (QED) is 0.228. The van der Waals surface area contributed by atoms with Gasteiger partial charge in [0, 0.05) is 16.4 Å². The molecule has 0 spiro atoms. The molecule has 1 aromatic heterocycles. The average molecular weight is 638 g/mol. The van der Waals surface area contributed by atoms with Gasteiger partial charge >= 0.3 is 0 Å². The Morgan fingerprint density at radius 2 is 1.82 bits per heavy atom. The number of carbonyl (C=O) groups excluding carboxylic acids is 4. The molecule has 2 aliphatic heterocycles. The Hall–Kier alpha value is -2.20. The van der Waals surface area contributed by atoms with Crippen LogP contribution in [-0.2, 0) is 25.7 Å². The van der Waals surface area contributed by atoms with Gasteiger partial charge < -0.3 is 5.11 Å². The summed E-state index contributed by atoms with van der Waals surface area (Å²) < 4.78 is 0. The van der Waals surface area contributed by atoms with E-state index >= 15 is 0 Å². The maximum atomic E-state index is 13.8. The zero-order chi connectivity index (χ0) is 27.1. The summed E-state index contributed by atoms with van der Waals surface area (Å²) in [6.07, 6.45) is 2.08. The van der Waals surface area contributed by atoms with E-state index in [0.29, 0.717) is 16.7 Å². The standard InChI is InChI=1S/C27H23BrCl2N2O5S/c1-13-4-2-6-17(21(13)33)20-15-7-8-16-19(23(35)31(22(16)34)11-14-5-3-9-38-14)18(15)10-26(29)24(36)32(12-28)25(37)27(20,26)30/h2-7,9,16,18-20,33H,8,10-12H2,1H3. The Morgan fingerprint density at radius 1 is 1.05 bits per heavy atom. The fourth-order valence-electron chi connectivity index (χ4n) is 6.79. The number of amides is 4. The number of imide groups is 2. The van der Waals surface area contributed by atoms with E-state index in [4.69, 9.17) is 23.2 Å². The first-order chi connectivity index (χ1) is 18.1. The normalized spacial score (nSPS) is 34.4. The Morgan fingerprint density at radius 3 is 2.50 bits per heavy atom. The molecule has 0 radical (unpaired) electrons. The minimum absolute atomic E-state index is 0.0501. The van der Waals surface area contributed by atoms with Crippen LogP contribution < -0.4 is 0 Å². The third-order valence-electron chi connectivity index (χ3n) is 8.58. The number of para-hydroxylation sites is 1. The number of carbonyl (C=O) groups is 4. The van der Waals surface area contributed by atoms with Crippen molar-refractivity contribution >= 4 is 74.1 Å². The molecule has 1 aromatic carbocycles. The number of allylic oxidation sites excluding steroid dienone is 2. The van der Waals surface area contributed by atoms with Gasteiger partial charge in [-0.15, -0.1) is 34.5 Å². The number of hydrogen-bond acceptors (Lipinski definition) is 6. The maximum absolute atomic E-state index is 13.8. The molecule has 198 valence electrons. The molecule has 1 N–H and O–H groups in total. The molecule has 4 aliphatic rings. The van der Waals surface area contributed by atoms with E-state index in [1.165, 1.54) is 16.2 Å². The number of aryl methyl sites for hydroxylation is 1. The molecule has 3 fully saturated rings. The van der Waals surface area contributed by atoms with Gasteiger partial charge in [-0.05, 0) is 42.7 Å². The van der Waals surface area contributed by atoms with Crippen LogP contribution in [0, 0.1) is 24.7 Å². The number of benzene rings is 1. The summed E-state index contributed by atoms with van der Waals surface area (Å²) in [7, 11) is 0. The number of halogens is 3. The lowest BCUT2D eigenvalue weighted by Gasteiger charge is -2.50. The van der Waals surface area contributed by atoms with Gasteiger partial charge in [-0.1, -0.05) is 51.8 Å². The first-order valence-corrected chi connectivity index (χ1v) is 15.0. The largest absolute Gasteiger partial charge is 0.507 e. The summed E-state index contributed by atoms with van der Waals surface area (Å²) in [6.45, 7) is 1.92. The third-order valence-corrected chi connectivity index (χ3v) is 11.4. The molecule has 0 bridgehead atoms. The molecule has 7 nitrogen and oxygen atoms in total. The molecule has 11 heteroatoms. The third kappa shape index (κ3) is 3.25. The highest BCUT2D eigenvalue weighted by Gasteiger charge is 2.76. The summed E-state index contributed by atoms with van der Waals surface area (Å²) in [5.74, 6) is -4.84. The predicted octanol–water partition coefficient (Wildman–Crippen LogP) is 4.67. The number of rotatable bonds is 4. The van der Waals surface area contributed by atoms with Gasteiger partial charge in [-0.3, -0.25) is 29.0 Å². The van der Waals surface area contributed by atoms with Crippen LogP contribution in [-0.4, -0.2) is 53.7 Å². The maximum Gasteiger partial charge on any atom is 0.254 e. The van der Waals surface area contributed by atoms with Crippen LogP contribution in [0.2, 0.25) is 0 Å². The van der Waals surface area contributed by atoms with Crippen LogP contribution in [0.5, 0.6) is 5.75 Å².